The highest BCUT2D eigenvalue weighted by molar-refractivity contribution is 6.30. The molecule has 1 unspecified atom stereocenters. The number of carbonyl (C=O) groups is 1. The van der Waals surface area contributed by atoms with Crippen LogP contribution in [0.25, 0.3) is 22.4 Å². The number of aromatic nitrogens is 3. The van der Waals surface area contributed by atoms with Crippen LogP contribution in [-0.4, -0.2) is 43.6 Å². The molecule has 2 N–H and O–H groups in total. The van der Waals surface area contributed by atoms with Crippen molar-refractivity contribution >= 4 is 28.8 Å². The highest BCUT2D eigenvalue weighted by Gasteiger charge is 2.30. The molecular weight excluding hydrogens is 556 g/mol. The molecular formula is C30H30ClF2N3O5. The number of carboxylic acid groups (broad SMARTS) is 2. The second-order valence-corrected chi connectivity index (χ2v) is 10.7. The number of benzene rings is 2. The third-order valence-electron chi connectivity index (χ3n) is 7.30. The third kappa shape index (κ3) is 7.24. The molecule has 41 heavy (non-hydrogen) atoms. The maximum Gasteiger partial charge on any atom is 0.503 e. The van der Waals surface area contributed by atoms with Gasteiger partial charge in [0, 0.05) is 28.8 Å². The summed E-state index contributed by atoms with van der Waals surface area (Å²) in [6, 6.07) is 13.3. The summed E-state index contributed by atoms with van der Waals surface area (Å²) in [6.07, 6.45) is 7.82. The minimum atomic E-state index is -1.83. The Morgan fingerprint density at radius 3 is 2.32 bits per heavy atom. The molecule has 0 saturated heterocycles. The smallest absolute Gasteiger partial charge is 0.489 e. The first-order chi connectivity index (χ1) is 19.8. The molecule has 2 aromatic carbocycles. The van der Waals surface area contributed by atoms with Gasteiger partial charge in [0.1, 0.15) is 18.2 Å². The molecule has 216 valence electrons. The lowest BCUT2D eigenvalue weighted by Gasteiger charge is -2.32. The van der Waals surface area contributed by atoms with Crippen LogP contribution < -0.4 is 9.47 Å². The SMILES string of the molecule is Fc1cc2nc(-c3ccc(Cl)cc3)n(C(COc3ccc(OC4CC4)cn3)C3CCCCC3)c2cc1F.O=C(O)O. The fourth-order valence-electron chi connectivity index (χ4n) is 5.24. The number of fused-ring (bicyclic) bond motifs is 1. The van der Waals surface area contributed by atoms with E-state index in [2.05, 4.69) is 4.98 Å². The molecule has 4 aromatic rings. The van der Waals surface area contributed by atoms with E-state index in [4.69, 9.17) is 41.1 Å². The molecule has 0 spiro atoms. The summed E-state index contributed by atoms with van der Waals surface area (Å²) in [7, 11) is 0. The van der Waals surface area contributed by atoms with Gasteiger partial charge in [-0.15, -0.1) is 0 Å². The lowest BCUT2D eigenvalue weighted by molar-refractivity contribution is 0.137. The highest BCUT2D eigenvalue weighted by atomic mass is 35.5. The quantitative estimate of drug-likeness (QED) is 0.216. The zero-order valence-electron chi connectivity index (χ0n) is 22.2. The van der Waals surface area contributed by atoms with Crippen LogP contribution in [0.3, 0.4) is 0 Å². The van der Waals surface area contributed by atoms with E-state index >= 15 is 0 Å². The van der Waals surface area contributed by atoms with E-state index in [1.165, 1.54) is 18.6 Å². The standard InChI is InChI=1S/C29H28ClF2N3O2.CH2O3/c30-20-8-6-19(7-9-20)29-34-25-14-23(31)24(32)15-26(25)35(29)27(18-4-2-1-3-5-18)17-36-28-13-12-22(16-33-28)37-21-10-11-21;2-1(3)4/h6-9,12-16,18,21,27H,1-5,10-11,17H2;(H2,2,3,4). The van der Waals surface area contributed by atoms with Gasteiger partial charge in [-0.1, -0.05) is 30.9 Å². The monoisotopic (exact) mass is 585 g/mol. The van der Waals surface area contributed by atoms with Gasteiger partial charge in [0.15, 0.2) is 11.6 Å². The van der Waals surface area contributed by atoms with Crippen LogP contribution >= 0.6 is 11.6 Å². The first-order valence-electron chi connectivity index (χ1n) is 13.6. The largest absolute Gasteiger partial charge is 0.503 e. The van der Waals surface area contributed by atoms with Crippen molar-refractivity contribution in [1.29, 1.82) is 0 Å². The van der Waals surface area contributed by atoms with Crippen LogP contribution in [0, 0.1) is 17.6 Å². The Bertz CT molecular complexity index is 1480. The zero-order valence-corrected chi connectivity index (χ0v) is 22.9. The van der Waals surface area contributed by atoms with Gasteiger partial charge in [-0.3, -0.25) is 0 Å². The van der Waals surface area contributed by atoms with Crippen molar-refractivity contribution in [2.24, 2.45) is 5.92 Å². The van der Waals surface area contributed by atoms with Gasteiger partial charge >= 0.3 is 6.16 Å². The van der Waals surface area contributed by atoms with Crippen molar-refractivity contribution in [3.05, 3.63) is 71.4 Å². The van der Waals surface area contributed by atoms with Crippen LogP contribution in [-0.2, 0) is 0 Å². The maximum atomic E-state index is 14.5. The number of imidazole rings is 1. The van der Waals surface area contributed by atoms with E-state index in [1.807, 2.05) is 28.8 Å². The van der Waals surface area contributed by atoms with E-state index in [9.17, 15) is 8.78 Å². The lowest BCUT2D eigenvalue weighted by atomic mass is 9.83. The van der Waals surface area contributed by atoms with Gasteiger partial charge in [0.2, 0.25) is 5.88 Å². The number of halogens is 3. The van der Waals surface area contributed by atoms with E-state index < -0.39 is 17.8 Å². The van der Waals surface area contributed by atoms with E-state index in [0.717, 1.165) is 49.8 Å². The number of nitrogens with zero attached hydrogens (tertiary/aromatic N) is 3. The number of ether oxygens (including phenoxy) is 2. The van der Waals surface area contributed by atoms with Crippen LogP contribution in [0.15, 0.2) is 54.7 Å². The van der Waals surface area contributed by atoms with Crippen LogP contribution in [0.2, 0.25) is 5.02 Å². The number of pyridine rings is 1. The molecule has 6 rings (SSSR count). The first kappa shape index (κ1) is 28.6. The Labute approximate surface area is 240 Å². The lowest BCUT2D eigenvalue weighted by Crippen LogP contribution is -2.28. The van der Waals surface area contributed by atoms with Gasteiger partial charge in [0.25, 0.3) is 0 Å². The maximum absolute atomic E-state index is 14.5. The normalized spacial score (nSPS) is 16.1. The molecule has 2 aromatic heterocycles. The molecule has 0 amide bonds. The second-order valence-electron chi connectivity index (χ2n) is 10.3. The molecule has 8 nitrogen and oxygen atoms in total. The summed E-state index contributed by atoms with van der Waals surface area (Å²) < 4.78 is 42.8. The predicted molar refractivity (Wildman–Crippen MR) is 150 cm³/mol. The summed E-state index contributed by atoms with van der Waals surface area (Å²) in [4.78, 5) is 17.8. The third-order valence-corrected chi connectivity index (χ3v) is 7.55. The number of rotatable bonds is 8. The van der Waals surface area contributed by atoms with E-state index in [0.29, 0.717) is 46.4 Å². The second kappa shape index (κ2) is 12.7. The summed E-state index contributed by atoms with van der Waals surface area (Å²) >= 11 is 6.14. The Hall–Kier alpha value is -3.92. The predicted octanol–water partition coefficient (Wildman–Crippen LogP) is 7.99. The van der Waals surface area contributed by atoms with Crippen LogP contribution in [0.5, 0.6) is 11.6 Å². The molecule has 2 fully saturated rings. The van der Waals surface area contributed by atoms with Crippen molar-refractivity contribution in [2.45, 2.75) is 57.1 Å². The van der Waals surface area contributed by atoms with Crippen molar-refractivity contribution in [3.63, 3.8) is 0 Å². The Balaban J connectivity index is 0.000000794. The first-order valence-corrected chi connectivity index (χ1v) is 14.0. The average Bonchev–Trinajstić information content (AvgIpc) is 3.71. The Kier molecular flexibility index (Phi) is 8.87. The van der Waals surface area contributed by atoms with Crippen molar-refractivity contribution in [1.82, 2.24) is 14.5 Å². The highest BCUT2D eigenvalue weighted by Crippen LogP contribution is 2.39. The van der Waals surface area contributed by atoms with Gasteiger partial charge in [0.05, 0.1) is 29.4 Å². The number of hydrogen-bond acceptors (Lipinski definition) is 5. The molecule has 2 heterocycles. The molecule has 0 aliphatic heterocycles. The molecule has 2 saturated carbocycles. The van der Waals surface area contributed by atoms with Crippen molar-refractivity contribution in [2.75, 3.05) is 6.61 Å². The molecule has 11 heteroatoms. The Morgan fingerprint density at radius 1 is 1.00 bits per heavy atom. The molecule has 2 aliphatic carbocycles. The molecule has 1 atom stereocenters. The van der Waals surface area contributed by atoms with Crippen molar-refractivity contribution < 1.29 is 33.3 Å². The van der Waals surface area contributed by atoms with Gasteiger partial charge < -0.3 is 24.3 Å². The number of hydrogen-bond donors (Lipinski definition) is 2. The molecule has 2 aliphatic rings. The van der Waals surface area contributed by atoms with Crippen LogP contribution in [0.1, 0.15) is 51.0 Å². The van der Waals surface area contributed by atoms with Gasteiger partial charge in [-0.25, -0.2) is 23.5 Å². The van der Waals surface area contributed by atoms with E-state index in [-0.39, 0.29) is 6.04 Å². The van der Waals surface area contributed by atoms with Crippen LogP contribution in [0.4, 0.5) is 13.6 Å². The van der Waals surface area contributed by atoms with E-state index in [1.54, 1.807) is 18.3 Å². The minimum absolute atomic E-state index is 0.148. The molecule has 0 bridgehead atoms. The fourth-order valence-corrected chi connectivity index (χ4v) is 5.37. The Morgan fingerprint density at radius 2 is 1.68 bits per heavy atom. The summed E-state index contributed by atoms with van der Waals surface area (Å²) in [5, 5.41) is 14.6. The summed E-state index contributed by atoms with van der Waals surface area (Å²) in [6.45, 7) is 0.325. The summed E-state index contributed by atoms with van der Waals surface area (Å²) in [5.41, 5.74) is 1.77. The van der Waals surface area contributed by atoms with Crippen molar-refractivity contribution in [3.8, 4) is 23.0 Å². The van der Waals surface area contributed by atoms with Gasteiger partial charge in [-0.2, -0.15) is 0 Å². The zero-order chi connectivity index (χ0) is 28.9. The summed E-state index contributed by atoms with van der Waals surface area (Å²) in [5.74, 6) is 0.357. The average molecular weight is 586 g/mol. The molecule has 0 radical (unpaired) electrons. The fraction of sp³-hybridized carbons (Fsp3) is 0.367. The minimum Gasteiger partial charge on any atom is -0.489 e. The topological polar surface area (TPSA) is 107 Å². The van der Waals surface area contributed by atoms with Gasteiger partial charge in [-0.05, 0) is 61.9 Å².